The van der Waals surface area contributed by atoms with E-state index in [1.807, 2.05) is 30.3 Å². The number of carboxylic acids is 1. The average Bonchev–Trinajstić information content (AvgIpc) is 2.92. The van der Waals surface area contributed by atoms with E-state index in [0.717, 1.165) is 21.8 Å². The second-order valence-electron chi connectivity index (χ2n) is 5.39. The number of hydrogen-bond acceptors (Lipinski definition) is 5. The van der Waals surface area contributed by atoms with E-state index in [1.54, 1.807) is 30.5 Å². The first kappa shape index (κ1) is 18.3. The van der Waals surface area contributed by atoms with Gasteiger partial charge in [-0.3, -0.25) is 14.5 Å². The smallest absolute Gasteiger partial charge is 0.305 e. The minimum absolute atomic E-state index is 0.262. The van der Waals surface area contributed by atoms with Crippen molar-refractivity contribution >= 4 is 56.6 Å². The average molecular weight is 432 g/mol. The summed E-state index contributed by atoms with van der Waals surface area (Å²) < 4.78 is 0.963. The van der Waals surface area contributed by atoms with Crippen LogP contribution in [-0.4, -0.2) is 33.6 Å². The molecule has 1 atom stereocenters. The van der Waals surface area contributed by atoms with Gasteiger partial charge in [0.2, 0.25) is 5.91 Å². The Balaban J connectivity index is 1.87. The molecular weight excluding hydrogens is 418 g/mol. The molecule has 132 valence electrons. The molecule has 0 radical (unpaired) electrons. The van der Waals surface area contributed by atoms with Crippen molar-refractivity contribution in [1.82, 2.24) is 0 Å². The van der Waals surface area contributed by atoms with E-state index in [4.69, 9.17) is 5.11 Å². The Morgan fingerprint density at radius 3 is 2.54 bits per heavy atom. The molecule has 1 aliphatic rings. The largest absolute Gasteiger partial charge is 0.481 e. The summed E-state index contributed by atoms with van der Waals surface area (Å²) in [6.45, 7) is 0. The maximum Gasteiger partial charge on any atom is 0.305 e. The van der Waals surface area contributed by atoms with Crippen LogP contribution in [-0.2, 0) is 9.59 Å². The second-order valence-corrected chi connectivity index (χ2v) is 7.48. The molecule has 1 aliphatic heterocycles. The van der Waals surface area contributed by atoms with Gasteiger partial charge in [0.15, 0.2) is 5.17 Å². The summed E-state index contributed by atoms with van der Waals surface area (Å²) in [6.07, 6.45) is 1.32. The SMILES string of the molecule is O=C(O)CC1S/C(=N\N=C\c2ccc(Br)cc2)N(c2ccccc2)C1=O. The minimum atomic E-state index is -1.02. The summed E-state index contributed by atoms with van der Waals surface area (Å²) in [5.74, 6) is -1.33. The van der Waals surface area contributed by atoms with Gasteiger partial charge in [-0.1, -0.05) is 58.0 Å². The maximum atomic E-state index is 12.6. The number of benzene rings is 2. The maximum absolute atomic E-state index is 12.6. The molecule has 1 fully saturated rings. The first-order chi connectivity index (χ1) is 12.5. The van der Waals surface area contributed by atoms with Crippen LogP contribution >= 0.6 is 27.7 Å². The summed E-state index contributed by atoms with van der Waals surface area (Å²) >= 11 is 4.48. The molecule has 0 spiro atoms. The monoisotopic (exact) mass is 431 g/mol. The first-order valence-corrected chi connectivity index (χ1v) is 9.36. The van der Waals surface area contributed by atoms with E-state index in [9.17, 15) is 9.59 Å². The number of aliphatic carboxylic acids is 1. The van der Waals surface area contributed by atoms with E-state index in [0.29, 0.717) is 10.9 Å². The number of thioether (sulfide) groups is 1. The van der Waals surface area contributed by atoms with Crippen molar-refractivity contribution < 1.29 is 14.7 Å². The van der Waals surface area contributed by atoms with Crippen molar-refractivity contribution in [2.45, 2.75) is 11.7 Å². The second kappa shape index (κ2) is 8.29. The Labute approximate surface area is 162 Å². The van der Waals surface area contributed by atoms with Gasteiger partial charge in [-0.05, 0) is 29.8 Å². The quantitative estimate of drug-likeness (QED) is 0.576. The molecule has 0 saturated carbocycles. The number of amidine groups is 1. The molecule has 0 aliphatic carbocycles. The lowest BCUT2D eigenvalue weighted by Crippen LogP contribution is -2.32. The van der Waals surface area contributed by atoms with Crippen LogP contribution in [0.1, 0.15) is 12.0 Å². The van der Waals surface area contributed by atoms with Crippen LogP contribution < -0.4 is 4.90 Å². The van der Waals surface area contributed by atoms with Crippen LogP contribution in [0.2, 0.25) is 0 Å². The molecule has 1 saturated heterocycles. The Kier molecular flexibility index (Phi) is 5.85. The number of rotatable bonds is 5. The van der Waals surface area contributed by atoms with Gasteiger partial charge in [-0.25, -0.2) is 0 Å². The van der Waals surface area contributed by atoms with Gasteiger partial charge in [-0.2, -0.15) is 5.10 Å². The van der Waals surface area contributed by atoms with E-state index in [1.165, 1.54) is 4.90 Å². The standard InChI is InChI=1S/C18H14BrN3O3S/c19-13-8-6-12(7-9-13)11-20-21-18-22(14-4-2-1-3-5-14)17(25)15(26-18)10-16(23)24/h1-9,11,15H,10H2,(H,23,24)/b20-11+,21-18-. The van der Waals surface area contributed by atoms with Crippen LogP contribution in [0.5, 0.6) is 0 Å². The normalized spacial score (nSPS) is 18.8. The number of hydrogen-bond donors (Lipinski definition) is 1. The van der Waals surface area contributed by atoms with E-state index in [2.05, 4.69) is 26.1 Å². The molecule has 1 heterocycles. The number of para-hydroxylation sites is 1. The summed E-state index contributed by atoms with van der Waals surface area (Å²) in [5.41, 5.74) is 1.50. The third-order valence-corrected chi connectivity index (χ3v) is 5.19. The van der Waals surface area contributed by atoms with Crippen molar-refractivity contribution in [3.8, 4) is 0 Å². The molecule has 1 N–H and O–H groups in total. The zero-order valence-corrected chi connectivity index (χ0v) is 15.9. The highest BCUT2D eigenvalue weighted by Gasteiger charge is 2.40. The summed E-state index contributed by atoms with van der Waals surface area (Å²) in [4.78, 5) is 25.1. The molecule has 0 aromatic heterocycles. The van der Waals surface area contributed by atoms with Gasteiger partial charge in [0, 0.05) is 4.47 Å². The van der Waals surface area contributed by atoms with E-state index >= 15 is 0 Å². The van der Waals surface area contributed by atoms with Gasteiger partial charge in [0.1, 0.15) is 5.25 Å². The molecule has 6 nitrogen and oxygen atoms in total. The highest BCUT2D eigenvalue weighted by atomic mass is 79.9. The van der Waals surface area contributed by atoms with Crippen molar-refractivity contribution in [3.05, 3.63) is 64.6 Å². The van der Waals surface area contributed by atoms with Crippen molar-refractivity contribution in [1.29, 1.82) is 0 Å². The van der Waals surface area contributed by atoms with Crippen molar-refractivity contribution in [3.63, 3.8) is 0 Å². The molecule has 2 aromatic rings. The van der Waals surface area contributed by atoms with Crippen LogP contribution in [0.3, 0.4) is 0 Å². The lowest BCUT2D eigenvalue weighted by molar-refractivity contribution is -0.138. The molecule has 26 heavy (non-hydrogen) atoms. The number of carbonyl (C=O) groups excluding carboxylic acids is 1. The third kappa shape index (κ3) is 4.39. The van der Waals surface area contributed by atoms with Gasteiger partial charge < -0.3 is 5.11 Å². The molecule has 0 bridgehead atoms. The number of carbonyl (C=O) groups is 2. The number of nitrogens with zero attached hydrogens (tertiary/aromatic N) is 3. The van der Waals surface area contributed by atoms with Crippen LogP contribution in [0, 0.1) is 0 Å². The Morgan fingerprint density at radius 2 is 1.88 bits per heavy atom. The predicted molar refractivity (Wildman–Crippen MR) is 107 cm³/mol. The molecule has 1 amide bonds. The Hall–Kier alpha value is -2.45. The van der Waals surface area contributed by atoms with Crippen LogP contribution in [0.15, 0.2) is 69.3 Å². The van der Waals surface area contributed by atoms with Crippen LogP contribution in [0.25, 0.3) is 0 Å². The molecule has 1 unspecified atom stereocenters. The van der Waals surface area contributed by atoms with Crippen LogP contribution in [0.4, 0.5) is 5.69 Å². The summed E-state index contributed by atoms with van der Waals surface area (Å²) in [6, 6.07) is 16.5. The molecule has 8 heteroatoms. The fourth-order valence-corrected chi connectivity index (χ4v) is 3.68. The number of halogens is 1. The fourth-order valence-electron chi connectivity index (χ4n) is 2.33. The van der Waals surface area contributed by atoms with Gasteiger partial charge >= 0.3 is 5.97 Å². The lowest BCUT2D eigenvalue weighted by atomic mass is 10.2. The molecular formula is C18H14BrN3O3S. The number of carboxylic acid groups (broad SMARTS) is 1. The van der Waals surface area contributed by atoms with Gasteiger partial charge in [-0.15, -0.1) is 5.10 Å². The minimum Gasteiger partial charge on any atom is -0.481 e. The lowest BCUT2D eigenvalue weighted by Gasteiger charge is -2.15. The molecule has 3 rings (SSSR count). The van der Waals surface area contributed by atoms with Gasteiger partial charge in [0.05, 0.1) is 18.3 Å². The highest BCUT2D eigenvalue weighted by molar-refractivity contribution is 9.10. The highest BCUT2D eigenvalue weighted by Crippen LogP contribution is 2.33. The summed E-state index contributed by atoms with van der Waals surface area (Å²) in [5, 5.41) is 16.9. The van der Waals surface area contributed by atoms with Gasteiger partial charge in [0.25, 0.3) is 0 Å². The molecule has 2 aromatic carbocycles. The fraction of sp³-hybridized carbons (Fsp3) is 0.111. The third-order valence-electron chi connectivity index (χ3n) is 3.53. The zero-order chi connectivity index (χ0) is 18.5. The number of amides is 1. The number of anilines is 1. The van der Waals surface area contributed by atoms with E-state index in [-0.39, 0.29) is 12.3 Å². The predicted octanol–water partition coefficient (Wildman–Crippen LogP) is 3.76. The Morgan fingerprint density at radius 1 is 1.19 bits per heavy atom. The Bertz CT molecular complexity index is 869. The first-order valence-electron chi connectivity index (χ1n) is 7.68. The van der Waals surface area contributed by atoms with Crippen molar-refractivity contribution in [2.24, 2.45) is 10.2 Å². The van der Waals surface area contributed by atoms with E-state index < -0.39 is 11.2 Å². The summed E-state index contributed by atoms with van der Waals surface area (Å²) in [7, 11) is 0. The van der Waals surface area contributed by atoms with Crippen molar-refractivity contribution in [2.75, 3.05) is 4.90 Å². The zero-order valence-electron chi connectivity index (χ0n) is 13.4. The topological polar surface area (TPSA) is 82.3 Å².